The van der Waals surface area contributed by atoms with E-state index < -0.39 is 39.9 Å². The van der Waals surface area contributed by atoms with Crippen molar-refractivity contribution in [2.45, 2.75) is 24.5 Å². The van der Waals surface area contributed by atoms with Crippen LogP contribution in [-0.4, -0.2) is 20.9 Å². The number of nitrogens with zero attached hydrogens (tertiary/aromatic N) is 1. The zero-order valence-electron chi connectivity index (χ0n) is 17.4. The zero-order chi connectivity index (χ0) is 24.2. The molecular weight excluding hydrogens is 477 g/mol. The molecule has 3 rings (SSSR count). The van der Waals surface area contributed by atoms with Crippen molar-refractivity contribution in [3.63, 3.8) is 0 Å². The zero-order valence-corrected chi connectivity index (χ0v) is 19.0. The molecule has 0 aromatic heterocycles. The topological polar surface area (TPSA) is 66.5 Å². The molecule has 0 bridgehead atoms. The van der Waals surface area contributed by atoms with Gasteiger partial charge in [0.05, 0.1) is 21.2 Å². The van der Waals surface area contributed by atoms with E-state index in [1.54, 1.807) is 18.2 Å². The Balaban J connectivity index is 1.98. The summed E-state index contributed by atoms with van der Waals surface area (Å²) >= 11 is 6.11. The first-order valence-electron chi connectivity index (χ1n) is 9.76. The van der Waals surface area contributed by atoms with Gasteiger partial charge in [0.2, 0.25) is 5.91 Å². The number of hydrogen-bond donors (Lipinski definition) is 1. The van der Waals surface area contributed by atoms with Gasteiger partial charge >= 0.3 is 6.18 Å². The summed E-state index contributed by atoms with van der Waals surface area (Å²) in [6.45, 7) is 1.22. The normalized spacial score (nSPS) is 11.8. The molecule has 0 radical (unpaired) electrons. The highest BCUT2D eigenvalue weighted by atomic mass is 35.5. The van der Waals surface area contributed by atoms with Crippen LogP contribution in [0.15, 0.2) is 77.7 Å². The van der Waals surface area contributed by atoms with Crippen molar-refractivity contribution in [2.75, 3.05) is 10.8 Å². The van der Waals surface area contributed by atoms with Gasteiger partial charge in [-0.05, 0) is 48.4 Å². The first-order chi connectivity index (χ1) is 15.5. The first-order valence-corrected chi connectivity index (χ1v) is 11.6. The number of alkyl halides is 3. The lowest BCUT2D eigenvalue weighted by atomic mass is 10.1. The van der Waals surface area contributed by atoms with Crippen molar-refractivity contribution in [1.29, 1.82) is 0 Å². The summed E-state index contributed by atoms with van der Waals surface area (Å²) in [5.41, 5.74) is 0.213. The molecule has 0 aliphatic carbocycles. The molecule has 0 spiro atoms. The summed E-state index contributed by atoms with van der Waals surface area (Å²) in [4.78, 5) is 12.5. The van der Waals surface area contributed by atoms with E-state index in [1.165, 1.54) is 24.3 Å². The van der Waals surface area contributed by atoms with Crippen LogP contribution in [0.3, 0.4) is 0 Å². The lowest BCUT2D eigenvalue weighted by Gasteiger charge is -2.26. The summed E-state index contributed by atoms with van der Waals surface area (Å²) in [7, 11) is -4.40. The Labute approximate surface area is 194 Å². The average Bonchev–Trinajstić information content (AvgIpc) is 2.77. The summed E-state index contributed by atoms with van der Waals surface area (Å²) in [5.74, 6) is -0.703. The van der Waals surface area contributed by atoms with Gasteiger partial charge in [0.15, 0.2) is 0 Å². The van der Waals surface area contributed by atoms with Gasteiger partial charge < -0.3 is 5.32 Å². The van der Waals surface area contributed by atoms with Crippen LogP contribution in [0.4, 0.5) is 18.9 Å². The molecule has 0 saturated heterocycles. The SMILES string of the molecule is Cc1ccccc1CNC(=O)CN(c1cc(C(F)(F)F)ccc1Cl)S(=O)(=O)c1ccccc1. The smallest absolute Gasteiger partial charge is 0.350 e. The van der Waals surface area contributed by atoms with E-state index in [2.05, 4.69) is 5.32 Å². The molecule has 33 heavy (non-hydrogen) atoms. The van der Waals surface area contributed by atoms with Gasteiger partial charge in [-0.3, -0.25) is 9.10 Å². The Hall–Kier alpha value is -3.04. The third-order valence-corrected chi connectivity index (χ3v) is 6.99. The lowest BCUT2D eigenvalue weighted by molar-refractivity contribution is -0.137. The van der Waals surface area contributed by atoms with E-state index in [4.69, 9.17) is 11.6 Å². The van der Waals surface area contributed by atoms with Crippen LogP contribution in [-0.2, 0) is 27.5 Å². The molecule has 0 aliphatic rings. The summed E-state index contributed by atoms with van der Waals surface area (Å²) in [5, 5.41) is 2.38. The standard InChI is InChI=1S/C23H20ClF3N2O3S/c1-16-7-5-6-8-17(16)14-28-22(30)15-29(33(31,32)19-9-3-2-4-10-19)21-13-18(23(25,26)27)11-12-20(21)24/h2-13H,14-15H2,1H3,(H,28,30). The van der Waals surface area contributed by atoms with Gasteiger partial charge in [-0.15, -0.1) is 0 Å². The molecule has 0 saturated carbocycles. The predicted molar refractivity (Wildman–Crippen MR) is 120 cm³/mol. The maximum absolute atomic E-state index is 13.3. The number of sulfonamides is 1. The second-order valence-electron chi connectivity index (χ2n) is 7.19. The van der Waals surface area contributed by atoms with Crippen molar-refractivity contribution >= 4 is 33.2 Å². The molecule has 0 heterocycles. The number of halogens is 4. The van der Waals surface area contributed by atoms with E-state index in [0.29, 0.717) is 10.4 Å². The Morgan fingerprint density at radius 2 is 1.64 bits per heavy atom. The number of hydrogen-bond acceptors (Lipinski definition) is 3. The lowest BCUT2D eigenvalue weighted by Crippen LogP contribution is -2.41. The van der Waals surface area contributed by atoms with Crippen molar-refractivity contribution < 1.29 is 26.4 Å². The molecule has 0 atom stereocenters. The molecule has 1 amide bonds. The van der Waals surface area contributed by atoms with Crippen LogP contribution in [0.25, 0.3) is 0 Å². The van der Waals surface area contributed by atoms with Crippen LogP contribution >= 0.6 is 11.6 Å². The Morgan fingerprint density at radius 3 is 2.27 bits per heavy atom. The minimum absolute atomic E-state index is 0.126. The number of rotatable bonds is 7. The third kappa shape index (κ3) is 5.85. The van der Waals surface area contributed by atoms with Crippen molar-refractivity contribution in [1.82, 2.24) is 5.32 Å². The van der Waals surface area contributed by atoms with Crippen molar-refractivity contribution in [3.8, 4) is 0 Å². The molecule has 174 valence electrons. The fraction of sp³-hybridized carbons (Fsp3) is 0.174. The van der Waals surface area contributed by atoms with Gasteiger partial charge in [0.25, 0.3) is 10.0 Å². The molecule has 0 fully saturated rings. The molecule has 5 nitrogen and oxygen atoms in total. The number of carbonyl (C=O) groups is 1. The second kappa shape index (κ2) is 9.84. The highest BCUT2D eigenvalue weighted by Gasteiger charge is 2.34. The van der Waals surface area contributed by atoms with Crippen LogP contribution in [0, 0.1) is 6.92 Å². The minimum atomic E-state index is -4.73. The van der Waals surface area contributed by atoms with Crippen LogP contribution in [0.2, 0.25) is 5.02 Å². The number of benzene rings is 3. The Bertz CT molecular complexity index is 1250. The molecular formula is C23H20ClF3N2O3S. The number of aryl methyl sites for hydroxylation is 1. The van der Waals surface area contributed by atoms with E-state index in [0.717, 1.165) is 23.3 Å². The third-order valence-electron chi connectivity index (χ3n) is 4.90. The van der Waals surface area contributed by atoms with E-state index in [9.17, 15) is 26.4 Å². The quantitative estimate of drug-likeness (QED) is 0.490. The number of nitrogens with one attached hydrogen (secondary N) is 1. The fourth-order valence-corrected chi connectivity index (χ4v) is 4.81. The van der Waals surface area contributed by atoms with Gasteiger partial charge in [0.1, 0.15) is 6.54 Å². The van der Waals surface area contributed by atoms with E-state index in [1.807, 2.05) is 19.1 Å². The molecule has 0 unspecified atom stereocenters. The molecule has 0 aliphatic heterocycles. The summed E-state index contributed by atoms with van der Waals surface area (Å²) in [6, 6.07) is 16.7. The molecule has 10 heteroatoms. The summed E-state index contributed by atoms with van der Waals surface area (Å²) in [6.07, 6.45) is -4.73. The molecule has 3 aromatic rings. The van der Waals surface area contributed by atoms with Crippen LogP contribution in [0.1, 0.15) is 16.7 Å². The van der Waals surface area contributed by atoms with Gasteiger partial charge in [-0.25, -0.2) is 8.42 Å². The van der Waals surface area contributed by atoms with Crippen LogP contribution in [0.5, 0.6) is 0 Å². The van der Waals surface area contributed by atoms with Gasteiger partial charge in [0, 0.05) is 6.54 Å². The number of carbonyl (C=O) groups excluding carboxylic acids is 1. The number of amides is 1. The average molecular weight is 497 g/mol. The maximum Gasteiger partial charge on any atom is 0.416 e. The summed E-state index contributed by atoms with van der Waals surface area (Å²) < 4.78 is 67.1. The van der Waals surface area contributed by atoms with E-state index >= 15 is 0 Å². The first kappa shape index (κ1) is 24.6. The Morgan fingerprint density at radius 1 is 1.00 bits per heavy atom. The second-order valence-corrected chi connectivity index (χ2v) is 9.46. The molecule has 3 aromatic carbocycles. The highest BCUT2D eigenvalue weighted by Crippen LogP contribution is 2.37. The maximum atomic E-state index is 13.3. The molecule has 1 N–H and O–H groups in total. The highest BCUT2D eigenvalue weighted by molar-refractivity contribution is 7.92. The van der Waals surface area contributed by atoms with Gasteiger partial charge in [-0.2, -0.15) is 13.2 Å². The van der Waals surface area contributed by atoms with Crippen molar-refractivity contribution in [2.24, 2.45) is 0 Å². The van der Waals surface area contributed by atoms with Crippen LogP contribution < -0.4 is 9.62 Å². The van der Waals surface area contributed by atoms with E-state index in [-0.39, 0.29) is 16.5 Å². The number of anilines is 1. The van der Waals surface area contributed by atoms with Gasteiger partial charge in [-0.1, -0.05) is 54.1 Å². The fourth-order valence-electron chi connectivity index (χ4n) is 3.09. The monoisotopic (exact) mass is 496 g/mol. The van der Waals surface area contributed by atoms with Crippen molar-refractivity contribution in [3.05, 3.63) is 94.5 Å². The minimum Gasteiger partial charge on any atom is -0.350 e. The largest absolute Gasteiger partial charge is 0.416 e. The Kier molecular flexibility index (Phi) is 7.34. The predicted octanol–water partition coefficient (Wildman–Crippen LogP) is 5.18.